The SMILES string of the molecule is N#CC(C#N)C(=O)c1ccc([N+](=O)[O-])o1. The summed E-state index contributed by atoms with van der Waals surface area (Å²) >= 11 is 0. The van der Waals surface area contributed by atoms with Crippen LogP contribution in [0.2, 0.25) is 0 Å². The van der Waals surface area contributed by atoms with Crippen LogP contribution in [-0.4, -0.2) is 10.7 Å². The molecule has 0 unspecified atom stereocenters. The molecule has 0 atom stereocenters. The Balaban J connectivity index is 2.99. The summed E-state index contributed by atoms with van der Waals surface area (Å²) < 4.78 is 4.54. The van der Waals surface area contributed by atoms with Crippen LogP contribution in [0.15, 0.2) is 16.5 Å². The summed E-state index contributed by atoms with van der Waals surface area (Å²) in [6, 6.07) is 4.94. The van der Waals surface area contributed by atoms with Crippen LogP contribution in [0.4, 0.5) is 5.88 Å². The Bertz CT molecular complexity index is 477. The van der Waals surface area contributed by atoms with Crippen molar-refractivity contribution in [1.29, 1.82) is 10.5 Å². The molecule has 0 fully saturated rings. The molecule has 0 spiro atoms. The molecule has 0 N–H and O–H groups in total. The first kappa shape index (κ1) is 10.4. The number of nitro groups is 1. The molecule has 0 aliphatic heterocycles. The van der Waals surface area contributed by atoms with Crippen LogP contribution in [0.25, 0.3) is 0 Å². The number of ketones is 1. The van der Waals surface area contributed by atoms with Crippen LogP contribution in [0, 0.1) is 38.7 Å². The van der Waals surface area contributed by atoms with E-state index in [0.717, 1.165) is 12.1 Å². The van der Waals surface area contributed by atoms with Gasteiger partial charge in [-0.25, -0.2) is 0 Å². The first-order valence-electron chi connectivity index (χ1n) is 3.68. The van der Waals surface area contributed by atoms with Crippen LogP contribution in [0.5, 0.6) is 0 Å². The van der Waals surface area contributed by atoms with Crippen molar-refractivity contribution in [3.05, 3.63) is 28.0 Å². The molecular weight excluding hydrogens is 202 g/mol. The van der Waals surface area contributed by atoms with Crippen molar-refractivity contribution in [1.82, 2.24) is 0 Å². The highest BCUT2D eigenvalue weighted by Gasteiger charge is 2.24. The highest BCUT2D eigenvalue weighted by molar-refractivity contribution is 5.98. The molecule has 0 aliphatic carbocycles. The standard InChI is InChI=1S/C8H3N3O4/c9-3-5(4-10)8(12)6-1-2-7(15-6)11(13)14/h1-2,5H. The van der Waals surface area contributed by atoms with Gasteiger partial charge in [0.2, 0.25) is 5.78 Å². The predicted octanol–water partition coefficient (Wildman–Crippen LogP) is 1.03. The molecule has 0 radical (unpaired) electrons. The van der Waals surface area contributed by atoms with Gasteiger partial charge < -0.3 is 4.42 Å². The fourth-order valence-electron chi connectivity index (χ4n) is 0.847. The van der Waals surface area contributed by atoms with Gasteiger partial charge in [0, 0.05) is 0 Å². The Morgan fingerprint density at radius 2 is 2.07 bits per heavy atom. The molecule has 0 saturated carbocycles. The number of furan rings is 1. The predicted molar refractivity (Wildman–Crippen MR) is 44.4 cm³/mol. The van der Waals surface area contributed by atoms with E-state index >= 15 is 0 Å². The van der Waals surface area contributed by atoms with E-state index in [1.165, 1.54) is 12.1 Å². The summed E-state index contributed by atoms with van der Waals surface area (Å²) in [7, 11) is 0. The molecule has 0 bridgehead atoms. The Morgan fingerprint density at radius 3 is 2.47 bits per heavy atom. The average molecular weight is 205 g/mol. The molecule has 1 aromatic rings. The summed E-state index contributed by atoms with van der Waals surface area (Å²) in [5, 5.41) is 27.0. The number of hydrogen-bond donors (Lipinski definition) is 0. The Kier molecular flexibility index (Phi) is 2.79. The van der Waals surface area contributed by atoms with Crippen LogP contribution >= 0.6 is 0 Å². The maximum Gasteiger partial charge on any atom is 0.433 e. The molecule has 1 aromatic heterocycles. The zero-order valence-electron chi connectivity index (χ0n) is 7.21. The fraction of sp³-hybridized carbons (Fsp3) is 0.125. The third-order valence-corrected chi connectivity index (χ3v) is 1.53. The normalized spacial score (nSPS) is 9.27. The van der Waals surface area contributed by atoms with E-state index in [2.05, 4.69) is 4.42 Å². The van der Waals surface area contributed by atoms with Gasteiger partial charge >= 0.3 is 5.88 Å². The second kappa shape index (κ2) is 4.03. The number of Topliss-reactive ketones (excluding diaryl/α,β-unsaturated/α-hetero) is 1. The van der Waals surface area contributed by atoms with Gasteiger partial charge in [-0.15, -0.1) is 0 Å². The van der Waals surface area contributed by atoms with Gasteiger partial charge in [-0.3, -0.25) is 14.9 Å². The fourth-order valence-corrected chi connectivity index (χ4v) is 0.847. The van der Waals surface area contributed by atoms with Crippen LogP contribution in [-0.2, 0) is 0 Å². The smallest absolute Gasteiger partial charge is 0.397 e. The number of rotatable bonds is 3. The molecule has 7 nitrogen and oxygen atoms in total. The molecule has 0 aliphatic rings. The lowest BCUT2D eigenvalue weighted by Crippen LogP contribution is -2.09. The first-order chi connectivity index (χ1) is 7.10. The van der Waals surface area contributed by atoms with Gasteiger partial charge in [-0.05, 0) is 6.07 Å². The molecule has 1 rings (SSSR count). The maximum absolute atomic E-state index is 11.3. The average Bonchev–Trinajstić information content (AvgIpc) is 2.68. The number of carbonyl (C=O) groups is 1. The minimum atomic E-state index is -1.50. The minimum Gasteiger partial charge on any atom is -0.397 e. The highest BCUT2D eigenvalue weighted by Crippen LogP contribution is 2.18. The third-order valence-electron chi connectivity index (χ3n) is 1.53. The lowest BCUT2D eigenvalue weighted by Gasteiger charge is -1.93. The summed E-state index contributed by atoms with van der Waals surface area (Å²) in [5.41, 5.74) is 0. The maximum atomic E-state index is 11.3. The van der Waals surface area contributed by atoms with Gasteiger partial charge in [0.05, 0.1) is 18.2 Å². The Hall–Kier alpha value is -2.67. The van der Waals surface area contributed by atoms with Crippen molar-refractivity contribution in [3.63, 3.8) is 0 Å². The zero-order chi connectivity index (χ0) is 11.4. The summed E-state index contributed by atoms with van der Waals surface area (Å²) in [6.07, 6.45) is 0. The van der Waals surface area contributed by atoms with Crippen molar-refractivity contribution in [3.8, 4) is 12.1 Å². The lowest BCUT2D eigenvalue weighted by molar-refractivity contribution is -0.402. The van der Waals surface area contributed by atoms with Gasteiger partial charge in [-0.2, -0.15) is 10.5 Å². The monoisotopic (exact) mass is 205 g/mol. The minimum absolute atomic E-state index is 0.366. The molecule has 0 amide bonds. The molecule has 0 saturated heterocycles. The highest BCUT2D eigenvalue weighted by atomic mass is 16.6. The second-order valence-corrected chi connectivity index (χ2v) is 2.45. The second-order valence-electron chi connectivity index (χ2n) is 2.45. The number of carbonyl (C=O) groups excluding carboxylic acids is 1. The molecule has 0 aromatic carbocycles. The Morgan fingerprint density at radius 1 is 1.47 bits per heavy atom. The van der Waals surface area contributed by atoms with E-state index in [9.17, 15) is 14.9 Å². The lowest BCUT2D eigenvalue weighted by atomic mass is 10.1. The largest absolute Gasteiger partial charge is 0.433 e. The molecule has 1 heterocycles. The van der Waals surface area contributed by atoms with Crippen molar-refractivity contribution >= 4 is 11.7 Å². The molecule has 7 heteroatoms. The molecule has 74 valence electrons. The Labute approximate surface area is 83.3 Å². The quantitative estimate of drug-likeness (QED) is 0.412. The van der Waals surface area contributed by atoms with Crippen LogP contribution < -0.4 is 0 Å². The number of nitrogens with zero attached hydrogens (tertiary/aromatic N) is 3. The van der Waals surface area contributed by atoms with E-state index in [1.807, 2.05) is 0 Å². The van der Waals surface area contributed by atoms with Crippen molar-refractivity contribution in [2.24, 2.45) is 5.92 Å². The van der Waals surface area contributed by atoms with Gasteiger partial charge in [0.1, 0.15) is 4.92 Å². The summed E-state index contributed by atoms with van der Waals surface area (Å²) in [6.45, 7) is 0. The van der Waals surface area contributed by atoms with Crippen LogP contribution in [0.3, 0.4) is 0 Å². The zero-order valence-corrected chi connectivity index (χ0v) is 7.21. The summed E-state index contributed by atoms with van der Waals surface area (Å²) in [5.74, 6) is -3.35. The number of hydrogen-bond acceptors (Lipinski definition) is 6. The van der Waals surface area contributed by atoms with Crippen molar-refractivity contribution in [2.45, 2.75) is 0 Å². The van der Waals surface area contributed by atoms with Gasteiger partial charge in [0.25, 0.3) is 0 Å². The summed E-state index contributed by atoms with van der Waals surface area (Å²) in [4.78, 5) is 20.7. The number of nitriles is 2. The van der Waals surface area contributed by atoms with Crippen LogP contribution in [0.1, 0.15) is 10.6 Å². The topological polar surface area (TPSA) is 121 Å². The van der Waals surface area contributed by atoms with E-state index in [1.54, 1.807) is 0 Å². The van der Waals surface area contributed by atoms with E-state index < -0.39 is 22.5 Å². The molecule has 15 heavy (non-hydrogen) atoms. The van der Waals surface area contributed by atoms with Gasteiger partial charge in [-0.1, -0.05) is 0 Å². The van der Waals surface area contributed by atoms with Gasteiger partial charge in [0.15, 0.2) is 11.7 Å². The van der Waals surface area contributed by atoms with E-state index in [4.69, 9.17) is 10.5 Å². The van der Waals surface area contributed by atoms with E-state index in [-0.39, 0.29) is 5.76 Å². The molecular formula is C8H3N3O4. The first-order valence-corrected chi connectivity index (χ1v) is 3.68. The van der Waals surface area contributed by atoms with Crippen molar-refractivity contribution in [2.75, 3.05) is 0 Å². The van der Waals surface area contributed by atoms with Crippen molar-refractivity contribution < 1.29 is 14.1 Å². The third kappa shape index (κ3) is 1.98. The van der Waals surface area contributed by atoms with E-state index in [0.29, 0.717) is 0 Å².